The Hall–Kier alpha value is -2.35. The number of pyridine rings is 1. The van der Waals surface area contributed by atoms with Crippen LogP contribution in [0.4, 0.5) is 0 Å². The fourth-order valence-corrected chi connectivity index (χ4v) is 2.53. The zero-order chi connectivity index (χ0) is 11.2. The normalized spacial score (nSPS) is 11.5. The molecule has 2 nitrogen and oxygen atoms in total. The molecule has 0 N–H and O–H groups in total. The first-order valence-corrected chi connectivity index (χ1v) is 5.66. The van der Waals surface area contributed by atoms with Crippen molar-refractivity contribution >= 4 is 27.1 Å². The molecule has 4 rings (SSSR count). The minimum atomic E-state index is 1.16. The van der Waals surface area contributed by atoms with E-state index in [1.807, 2.05) is 18.6 Å². The average Bonchev–Trinajstić information content (AvgIpc) is 2.73. The maximum Gasteiger partial charge on any atom is 0.0616 e. The second-order valence-corrected chi connectivity index (χ2v) is 4.25. The van der Waals surface area contributed by atoms with E-state index in [0.717, 1.165) is 5.39 Å². The van der Waals surface area contributed by atoms with Crippen molar-refractivity contribution in [2.75, 3.05) is 0 Å². The molecule has 4 aromatic rings. The molecule has 0 spiro atoms. The van der Waals surface area contributed by atoms with Crippen molar-refractivity contribution in [3.05, 3.63) is 61.2 Å². The fourth-order valence-electron chi connectivity index (χ4n) is 2.53. The van der Waals surface area contributed by atoms with Gasteiger partial charge in [-0.15, -0.1) is 0 Å². The predicted molar refractivity (Wildman–Crippen MR) is 70.2 cm³/mol. The van der Waals surface area contributed by atoms with Crippen molar-refractivity contribution in [2.24, 2.45) is 0 Å². The van der Waals surface area contributed by atoms with Crippen LogP contribution in [0.5, 0.6) is 0 Å². The zero-order valence-electron chi connectivity index (χ0n) is 9.17. The van der Waals surface area contributed by atoms with Crippen LogP contribution in [0.25, 0.3) is 27.1 Å². The van der Waals surface area contributed by atoms with Crippen LogP contribution in [0.2, 0.25) is 0 Å². The Kier molecular flexibility index (Phi) is 1.59. The fraction of sp³-hybridized carbons (Fsp3) is 0. The van der Waals surface area contributed by atoms with Crippen LogP contribution in [0.3, 0.4) is 0 Å². The topological polar surface area (TPSA) is 17.3 Å². The van der Waals surface area contributed by atoms with Crippen LogP contribution < -0.4 is 0 Å². The van der Waals surface area contributed by atoms with Crippen molar-refractivity contribution in [3.8, 4) is 0 Å². The highest BCUT2D eigenvalue weighted by Gasteiger charge is 2.04. The second-order valence-electron chi connectivity index (χ2n) is 4.25. The molecule has 0 saturated carbocycles. The summed E-state index contributed by atoms with van der Waals surface area (Å²) in [5.74, 6) is 0. The van der Waals surface area contributed by atoms with Gasteiger partial charge in [-0.25, -0.2) is 0 Å². The molecule has 0 unspecified atom stereocenters. The molecule has 0 aliphatic carbocycles. The Morgan fingerprint density at radius 3 is 2.65 bits per heavy atom. The molecule has 0 atom stereocenters. The van der Waals surface area contributed by atoms with Crippen LogP contribution in [0.15, 0.2) is 61.2 Å². The van der Waals surface area contributed by atoms with E-state index in [9.17, 15) is 0 Å². The first kappa shape index (κ1) is 8.76. The van der Waals surface area contributed by atoms with Gasteiger partial charge in [-0.3, -0.25) is 4.98 Å². The number of para-hydroxylation sites is 1. The zero-order valence-corrected chi connectivity index (χ0v) is 9.17. The molecule has 80 valence electrons. The summed E-state index contributed by atoms with van der Waals surface area (Å²) in [4.78, 5) is 4.26. The molecule has 2 aromatic heterocycles. The summed E-state index contributed by atoms with van der Waals surface area (Å²) in [6.07, 6.45) is 7.90. The summed E-state index contributed by atoms with van der Waals surface area (Å²) in [6.45, 7) is 0. The van der Waals surface area contributed by atoms with Gasteiger partial charge in [-0.05, 0) is 10.8 Å². The first-order valence-electron chi connectivity index (χ1n) is 5.66. The van der Waals surface area contributed by atoms with Gasteiger partial charge in [0.2, 0.25) is 0 Å². The molecule has 2 heterocycles. The van der Waals surface area contributed by atoms with Gasteiger partial charge in [0.25, 0.3) is 0 Å². The molecule has 0 amide bonds. The van der Waals surface area contributed by atoms with Crippen LogP contribution in [-0.4, -0.2) is 9.38 Å². The summed E-state index contributed by atoms with van der Waals surface area (Å²) >= 11 is 0. The molecular formula is C15H10N2. The summed E-state index contributed by atoms with van der Waals surface area (Å²) < 4.78 is 2.15. The van der Waals surface area contributed by atoms with E-state index >= 15 is 0 Å². The summed E-state index contributed by atoms with van der Waals surface area (Å²) in [6, 6.07) is 12.8. The maximum absolute atomic E-state index is 4.26. The highest BCUT2D eigenvalue weighted by molar-refractivity contribution is 6.11. The molecule has 2 aromatic carbocycles. The first-order chi connectivity index (χ1) is 8.43. The van der Waals surface area contributed by atoms with Crippen molar-refractivity contribution < 1.29 is 0 Å². The number of hydrogen-bond acceptors (Lipinski definition) is 1. The molecule has 0 aliphatic heterocycles. The highest BCUT2D eigenvalue weighted by atomic mass is 14.9. The van der Waals surface area contributed by atoms with Crippen LogP contribution in [0, 0.1) is 0 Å². The van der Waals surface area contributed by atoms with Crippen molar-refractivity contribution in [3.63, 3.8) is 0 Å². The lowest BCUT2D eigenvalue weighted by Gasteiger charge is -2.05. The van der Waals surface area contributed by atoms with Gasteiger partial charge in [0.1, 0.15) is 0 Å². The quantitative estimate of drug-likeness (QED) is 0.440. The second kappa shape index (κ2) is 3.08. The Morgan fingerprint density at radius 2 is 1.71 bits per heavy atom. The Balaban J connectivity index is 2.48. The molecule has 0 bridgehead atoms. The lowest BCUT2D eigenvalue weighted by molar-refractivity contribution is 1.19. The number of nitrogens with zero attached hydrogens (tertiary/aromatic N) is 2. The Labute approximate surface area is 98.1 Å². The predicted octanol–water partition coefficient (Wildman–Crippen LogP) is 3.64. The smallest absolute Gasteiger partial charge is 0.0616 e. The van der Waals surface area contributed by atoms with Crippen LogP contribution >= 0.6 is 0 Å². The van der Waals surface area contributed by atoms with E-state index in [1.54, 1.807) is 0 Å². The van der Waals surface area contributed by atoms with Crippen molar-refractivity contribution in [1.29, 1.82) is 0 Å². The van der Waals surface area contributed by atoms with E-state index in [4.69, 9.17) is 0 Å². The molecule has 2 heteroatoms. The van der Waals surface area contributed by atoms with Gasteiger partial charge in [0.15, 0.2) is 0 Å². The van der Waals surface area contributed by atoms with E-state index in [0.29, 0.717) is 0 Å². The number of fused-ring (bicyclic) bond motifs is 2. The van der Waals surface area contributed by atoms with Gasteiger partial charge >= 0.3 is 0 Å². The average molecular weight is 218 g/mol. The standard InChI is InChI=1S/C15H10N2/c1-3-11-9-16-7-8-17-10-12-4-2-5-13(12)14(6-1)15(11)17/h1-10H. The van der Waals surface area contributed by atoms with E-state index in [2.05, 4.69) is 52.0 Å². The summed E-state index contributed by atoms with van der Waals surface area (Å²) in [5.41, 5.74) is 1.23. The number of aromatic nitrogens is 2. The van der Waals surface area contributed by atoms with Gasteiger partial charge in [-0.1, -0.05) is 36.4 Å². The lowest BCUT2D eigenvalue weighted by atomic mass is 10.1. The lowest BCUT2D eigenvalue weighted by Crippen LogP contribution is -1.86. The highest BCUT2D eigenvalue weighted by Crippen LogP contribution is 2.28. The van der Waals surface area contributed by atoms with Crippen LogP contribution in [0.1, 0.15) is 0 Å². The van der Waals surface area contributed by atoms with Crippen LogP contribution in [-0.2, 0) is 0 Å². The number of rotatable bonds is 0. The Bertz CT molecular complexity index is 843. The van der Waals surface area contributed by atoms with Gasteiger partial charge in [0, 0.05) is 35.6 Å². The van der Waals surface area contributed by atoms with Crippen molar-refractivity contribution in [1.82, 2.24) is 9.38 Å². The van der Waals surface area contributed by atoms with Crippen molar-refractivity contribution in [2.45, 2.75) is 0 Å². The largest absolute Gasteiger partial charge is 0.320 e. The summed E-state index contributed by atoms with van der Waals surface area (Å²) in [5, 5.41) is 5.02. The number of benzene rings is 1. The number of hydrogen-bond donors (Lipinski definition) is 0. The minimum Gasteiger partial charge on any atom is -0.320 e. The maximum atomic E-state index is 4.26. The molecule has 17 heavy (non-hydrogen) atoms. The Morgan fingerprint density at radius 1 is 0.882 bits per heavy atom. The third kappa shape index (κ3) is 1.12. The monoisotopic (exact) mass is 218 g/mol. The molecule has 0 radical (unpaired) electrons. The van der Waals surface area contributed by atoms with E-state index in [1.165, 1.54) is 21.7 Å². The third-order valence-electron chi connectivity index (χ3n) is 3.27. The van der Waals surface area contributed by atoms with Gasteiger partial charge < -0.3 is 4.40 Å². The van der Waals surface area contributed by atoms with E-state index in [-0.39, 0.29) is 0 Å². The third-order valence-corrected chi connectivity index (χ3v) is 3.27. The minimum absolute atomic E-state index is 1.16. The molecule has 0 fully saturated rings. The molecular weight excluding hydrogens is 208 g/mol. The van der Waals surface area contributed by atoms with Gasteiger partial charge in [-0.2, -0.15) is 0 Å². The molecule has 0 saturated heterocycles. The SMILES string of the molecule is c1cc2cn3ccncc4cccc(c2c1)c43. The van der Waals surface area contributed by atoms with Gasteiger partial charge in [0.05, 0.1) is 5.52 Å². The molecule has 0 aliphatic rings. The van der Waals surface area contributed by atoms with E-state index < -0.39 is 0 Å². The summed E-state index contributed by atoms with van der Waals surface area (Å²) in [7, 11) is 0.